The molecule has 1 unspecified atom stereocenters. The van der Waals surface area contributed by atoms with Crippen LogP contribution in [0.3, 0.4) is 0 Å². The van der Waals surface area contributed by atoms with E-state index >= 15 is 0 Å². The fourth-order valence-electron chi connectivity index (χ4n) is 6.58. The van der Waals surface area contributed by atoms with Crippen LogP contribution in [0.4, 0.5) is 20.2 Å². The molecule has 2 fully saturated rings. The van der Waals surface area contributed by atoms with E-state index in [-0.39, 0.29) is 37.6 Å². The Morgan fingerprint density at radius 1 is 0.926 bits per heavy atom. The van der Waals surface area contributed by atoms with Crippen LogP contribution >= 0.6 is 0 Å². The molecule has 4 heterocycles. The smallest absolute Gasteiger partial charge is 0.350 e. The van der Waals surface area contributed by atoms with E-state index in [1.165, 1.54) is 39.0 Å². The van der Waals surface area contributed by atoms with E-state index in [0.29, 0.717) is 17.9 Å². The molecular formula is C36H40F2N8O7S. The minimum Gasteiger partial charge on any atom is -0.491 e. The van der Waals surface area contributed by atoms with Crippen molar-refractivity contribution in [2.45, 2.75) is 37.8 Å². The number of piperazine rings is 1. The van der Waals surface area contributed by atoms with Gasteiger partial charge in [-0.2, -0.15) is 18.6 Å². The van der Waals surface area contributed by atoms with Gasteiger partial charge in [-0.05, 0) is 67.1 Å². The van der Waals surface area contributed by atoms with Gasteiger partial charge in [0.25, 0.3) is 10.1 Å². The zero-order valence-corrected chi connectivity index (χ0v) is 30.5. The van der Waals surface area contributed by atoms with E-state index in [4.69, 9.17) is 18.4 Å². The molecule has 0 amide bonds. The predicted octanol–water partition coefficient (Wildman–Crippen LogP) is 3.51. The van der Waals surface area contributed by atoms with Crippen molar-refractivity contribution in [2.75, 3.05) is 62.1 Å². The van der Waals surface area contributed by atoms with Crippen molar-refractivity contribution in [2.24, 2.45) is 0 Å². The Kier molecular flexibility index (Phi) is 10.8. The highest BCUT2D eigenvalue weighted by Gasteiger charge is 2.46. The van der Waals surface area contributed by atoms with Gasteiger partial charge in [0, 0.05) is 49.2 Å². The molecule has 18 heteroatoms. The summed E-state index contributed by atoms with van der Waals surface area (Å²) >= 11 is 0. The molecule has 0 bridgehead atoms. The molecule has 5 aromatic rings. The summed E-state index contributed by atoms with van der Waals surface area (Å²) in [4.78, 5) is 21.6. The second kappa shape index (κ2) is 15.7. The maximum Gasteiger partial charge on any atom is 0.350 e. The average molecular weight is 767 g/mol. The van der Waals surface area contributed by atoms with Gasteiger partial charge in [-0.3, -0.25) is 4.18 Å². The number of aromatic nitrogens is 6. The van der Waals surface area contributed by atoms with Crippen LogP contribution in [0.15, 0.2) is 90.5 Å². The molecular weight excluding hydrogens is 727 g/mol. The SMILES string of the molecule is CCC(COS(C)(=O)=O)n1ncn(-c2ccc(N3CCN(c4ccc(OC[C@@H]5CO[C@@](Cn6cncn6)(c6ccc(F)cc6F)O5)cc4)CC3)cc2)c1=O. The van der Waals surface area contributed by atoms with Gasteiger partial charge in [-0.1, -0.05) is 6.92 Å². The number of hydrogen-bond donors (Lipinski definition) is 0. The van der Waals surface area contributed by atoms with Gasteiger partial charge < -0.3 is 24.0 Å². The average Bonchev–Trinajstić information content (AvgIpc) is 3.92. The van der Waals surface area contributed by atoms with E-state index in [9.17, 15) is 22.0 Å². The summed E-state index contributed by atoms with van der Waals surface area (Å²) in [5, 5.41) is 8.31. The first-order chi connectivity index (χ1) is 26.0. The Labute approximate surface area is 310 Å². The Balaban J connectivity index is 0.914. The first-order valence-electron chi connectivity index (χ1n) is 17.4. The summed E-state index contributed by atoms with van der Waals surface area (Å²) in [5.74, 6) is -2.38. The van der Waals surface area contributed by atoms with E-state index in [1.807, 2.05) is 55.5 Å². The lowest BCUT2D eigenvalue weighted by Gasteiger charge is -2.37. The number of anilines is 2. The molecule has 54 heavy (non-hydrogen) atoms. The van der Waals surface area contributed by atoms with Gasteiger partial charge in [-0.25, -0.2) is 32.5 Å². The lowest BCUT2D eigenvalue weighted by atomic mass is 10.0. The first-order valence-corrected chi connectivity index (χ1v) is 19.3. The van der Waals surface area contributed by atoms with Crippen LogP contribution in [0.25, 0.3) is 5.69 Å². The van der Waals surface area contributed by atoms with Gasteiger partial charge in [0.15, 0.2) is 0 Å². The third kappa shape index (κ3) is 8.30. The minimum atomic E-state index is -3.64. The highest BCUT2D eigenvalue weighted by Crippen LogP contribution is 2.38. The van der Waals surface area contributed by atoms with E-state index < -0.39 is 39.7 Å². The lowest BCUT2D eigenvalue weighted by molar-refractivity contribution is -0.192. The largest absolute Gasteiger partial charge is 0.491 e. The van der Waals surface area contributed by atoms with Gasteiger partial charge >= 0.3 is 5.69 Å². The summed E-state index contributed by atoms with van der Waals surface area (Å²) in [5.41, 5.74) is 2.42. The molecule has 3 aromatic carbocycles. The van der Waals surface area contributed by atoms with Gasteiger partial charge in [0.2, 0.25) is 5.79 Å². The van der Waals surface area contributed by atoms with Crippen molar-refractivity contribution in [1.29, 1.82) is 0 Å². The van der Waals surface area contributed by atoms with E-state index in [1.54, 1.807) is 0 Å². The molecule has 2 aliphatic rings. The number of halogens is 2. The summed E-state index contributed by atoms with van der Waals surface area (Å²) in [6, 6.07) is 18.2. The van der Waals surface area contributed by atoms with Crippen molar-refractivity contribution in [3.63, 3.8) is 0 Å². The molecule has 2 saturated heterocycles. The molecule has 0 N–H and O–H groups in total. The molecule has 0 radical (unpaired) electrons. The first kappa shape index (κ1) is 37.2. The second-order valence-corrected chi connectivity index (χ2v) is 14.7. The van der Waals surface area contributed by atoms with Crippen LogP contribution in [-0.4, -0.2) is 95.9 Å². The maximum absolute atomic E-state index is 14.9. The molecule has 286 valence electrons. The van der Waals surface area contributed by atoms with Crippen LogP contribution < -0.4 is 20.2 Å². The van der Waals surface area contributed by atoms with Gasteiger partial charge in [0.05, 0.1) is 31.2 Å². The number of rotatable bonds is 14. The van der Waals surface area contributed by atoms with Crippen molar-refractivity contribution >= 4 is 21.5 Å². The summed E-state index contributed by atoms with van der Waals surface area (Å²) < 4.78 is 78.8. The zero-order chi connectivity index (χ0) is 37.9. The molecule has 15 nitrogen and oxygen atoms in total. The van der Waals surface area contributed by atoms with Crippen molar-refractivity contribution in [1.82, 2.24) is 29.1 Å². The molecule has 0 saturated carbocycles. The molecule has 7 rings (SSSR count). The third-order valence-electron chi connectivity index (χ3n) is 9.43. The topological polar surface area (TPSA) is 148 Å². The molecule has 3 atom stereocenters. The second-order valence-electron chi connectivity index (χ2n) is 13.1. The molecule has 2 aliphatic heterocycles. The highest BCUT2D eigenvalue weighted by molar-refractivity contribution is 7.85. The molecule has 0 spiro atoms. The van der Waals surface area contributed by atoms with Crippen molar-refractivity contribution < 1.29 is 35.6 Å². The van der Waals surface area contributed by atoms with Crippen molar-refractivity contribution in [3.05, 3.63) is 113 Å². The normalized spacial score (nSPS) is 19.7. The highest BCUT2D eigenvalue weighted by atomic mass is 32.2. The van der Waals surface area contributed by atoms with Crippen LogP contribution in [0.2, 0.25) is 0 Å². The quantitative estimate of drug-likeness (QED) is 0.152. The van der Waals surface area contributed by atoms with E-state index in [2.05, 4.69) is 25.0 Å². The summed E-state index contributed by atoms with van der Waals surface area (Å²) in [6.45, 7) is 5.13. The Hall–Kier alpha value is -5.17. The fraction of sp³-hybridized carbons (Fsp3) is 0.389. The monoisotopic (exact) mass is 766 g/mol. The molecule has 2 aromatic heterocycles. The Morgan fingerprint density at radius 3 is 2.20 bits per heavy atom. The van der Waals surface area contributed by atoms with Gasteiger partial charge in [0.1, 0.15) is 55.6 Å². The minimum absolute atomic E-state index is 0.0148. The third-order valence-corrected chi connectivity index (χ3v) is 10.00. The summed E-state index contributed by atoms with van der Waals surface area (Å²) in [7, 11) is -3.64. The lowest BCUT2D eigenvalue weighted by Crippen LogP contribution is -2.46. The van der Waals surface area contributed by atoms with Crippen LogP contribution in [-0.2, 0) is 36.1 Å². The predicted molar refractivity (Wildman–Crippen MR) is 193 cm³/mol. The Morgan fingerprint density at radius 2 is 1.59 bits per heavy atom. The number of ether oxygens (including phenoxy) is 3. The Bertz CT molecular complexity index is 2190. The fourth-order valence-corrected chi connectivity index (χ4v) is 6.98. The maximum atomic E-state index is 14.9. The van der Waals surface area contributed by atoms with E-state index in [0.717, 1.165) is 55.9 Å². The number of benzene rings is 3. The number of hydrogen-bond acceptors (Lipinski definition) is 12. The molecule has 0 aliphatic carbocycles. The summed E-state index contributed by atoms with van der Waals surface area (Å²) in [6.07, 6.45) is 5.17. The zero-order valence-electron chi connectivity index (χ0n) is 29.7. The number of nitrogens with zero attached hydrogens (tertiary/aromatic N) is 8. The van der Waals surface area contributed by atoms with Gasteiger partial charge in [-0.15, -0.1) is 0 Å². The van der Waals surface area contributed by atoms with Crippen LogP contribution in [0.1, 0.15) is 24.9 Å². The van der Waals surface area contributed by atoms with Crippen LogP contribution in [0.5, 0.6) is 5.75 Å². The van der Waals surface area contributed by atoms with Crippen LogP contribution in [0, 0.1) is 11.6 Å². The standard InChI is InChI=1S/C36H40F2N8O7S/c1-3-27(19-52-54(2,48)49)46-35(47)45(25-41-46)30-7-5-28(6-8-30)42-14-16-43(17-15-42)29-9-11-31(12-10-29)50-20-32-21-51-36(53-32,22-44-24-39-23-40-44)33-13-4-26(37)18-34(33)38/h4-13,18,23-25,27,32H,3,14-17,19-22H2,1-2H3/t27?,32-,36-/m1/s1. The van der Waals surface area contributed by atoms with Crippen molar-refractivity contribution in [3.8, 4) is 11.4 Å².